The fourth-order valence-corrected chi connectivity index (χ4v) is 1.97. The number of anilines is 1. The number of carbonyl (C=O) groups is 3. The van der Waals surface area contributed by atoms with E-state index in [0.29, 0.717) is 30.5 Å². The summed E-state index contributed by atoms with van der Waals surface area (Å²) in [5.74, 6) is -0.0322. The molecule has 0 unspecified atom stereocenters. The van der Waals surface area contributed by atoms with Crippen LogP contribution in [-0.4, -0.2) is 31.4 Å². The summed E-state index contributed by atoms with van der Waals surface area (Å²) in [6, 6.07) is 5.17. The maximum atomic E-state index is 11.3. The third-order valence-corrected chi connectivity index (χ3v) is 3.01. The lowest BCUT2D eigenvalue weighted by molar-refractivity contribution is -0.111. The minimum atomic E-state index is -0.118. The van der Waals surface area contributed by atoms with Gasteiger partial charge in [0.2, 0.25) is 0 Å². The van der Waals surface area contributed by atoms with Crippen LogP contribution < -0.4 is 4.90 Å². The van der Waals surface area contributed by atoms with Crippen molar-refractivity contribution in [2.45, 2.75) is 6.92 Å². The number of hydrogen-bond donors (Lipinski definition) is 0. The summed E-state index contributed by atoms with van der Waals surface area (Å²) in [7, 11) is 0. The van der Waals surface area contributed by atoms with Gasteiger partial charge in [-0.1, -0.05) is 0 Å². The van der Waals surface area contributed by atoms with Crippen molar-refractivity contribution in [3.05, 3.63) is 29.3 Å². The van der Waals surface area contributed by atoms with Gasteiger partial charge in [-0.15, -0.1) is 0 Å². The first kappa shape index (κ1) is 11.5. The van der Waals surface area contributed by atoms with Crippen molar-refractivity contribution in [1.82, 2.24) is 0 Å². The second-order valence-electron chi connectivity index (χ2n) is 4.25. The normalized spacial score (nSPS) is 15.2. The maximum Gasteiger partial charge on any atom is 0.160 e. The minimum Gasteiger partial charge on any atom is -0.370 e. The Morgan fingerprint density at radius 3 is 2.59 bits per heavy atom. The Morgan fingerprint density at radius 2 is 2.06 bits per heavy atom. The van der Waals surface area contributed by atoms with Gasteiger partial charge in [0.1, 0.15) is 6.29 Å². The minimum absolute atomic E-state index is 0.0853. The van der Waals surface area contributed by atoms with E-state index in [4.69, 9.17) is 0 Å². The lowest BCUT2D eigenvalue weighted by atomic mass is 9.98. The summed E-state index contributed by atoms with van der Waals surface area (Å²) in [6.45, 7) is 2.80. The van der Waals surface area contributed by atoms with Crippen molar-refractivity contribution in [2.24, 2.45) is 5.92 Å². The van der Waals surface area contributed by atoms with Gasteiger partial charge in [-0.05, 0) is 25.1 Å². The molecule has 0 aliphatic carbocycles. The van der Waals surface area contributed by atoms with Crippen LogP contribution in [-0.2, 0) is 4.79 Å². The van der Waals surface area contributed by atoms with E-state index < -0.39 is 0 Å². The molecule has 1 aliphatic rings. The van der Waals surface area contributed by atoms with Crippen molar-refractivity contribution >= 4 is 24.0 Å². The third kappa shape index (κ3) is 2.11. The van der Waals surface area contributed by atoms with Gasteiger partial charge in [0.05, 0.1) is 0 Å². The van der Waals surface area contributed by atoms with E-state index in [9.17, 15) is 14.4 Å². The van der Waals surface area contributed by atoms with Gasteiger partial charge in [0.15, 0.2) is 12.1 Å². The molecule has 88 valence electrons. The first-order chi connectivity index (χ1) is 8.15. The summed E-state index contributed by atoms with van der Waals surface area (Å²) in [5, 5.41) is 0. The number of nitrogens with zero attached hydrogens (tertiary/aromatic N) is 1. The zero-order valence-electron chi connectivity index (χ0n) is 9.55. The monoisotopic (exact) mass is 231 g/mol. The zero-order chi connectivity index (χ0) is 12.4. The van der Waals surface area contributed by atoms with Crippen LogP contribution in [0.25, 0.3) is 0 Å². The second kappa shape index (κ2) is 4.49. The van der Waals surface area contributed by atoms with Crippen LogP contribution in [0.3, 0.4) is 0 Å². The fraction of sp³-hybridized carbons (Fsp3) is 0.308. The highest BCUT2D eigenvalue weighted by Gasteiger charge is 2.26. The molecule has 0 saturated carbocycles. The van der Waals surface area contributed by atoms with Gasteiger partial charge in [0.25, 0.3) is 0 Å². The predicted octanol–water partition coefficient (Wildman–Crippen LogP) is 1.34. The second-order valence-corrected chi connectivity index (χ2v) is 4.25. The van der Waals surface area contributed by atoms with Crippen LogP contribution in [0, 0.1) is 5.92 Å². The lowest BCUT2D eigenvalue weighted by Crippen LogP contribution is -2.47. The van der Waals surface area contributed by atoms with Crippen molar-refractivity contribution in [3.63, 3.8) is 0 Å². The molecule has 1 aromatic rings. The van der Waals surface area contributed by atoms with Crippen molar-refractivity contribution in [3.8, 4) is 0 Å². The molecule has 1 fully saturated rings. The molecular formula is C13H13NO3. The molecule has 4 heteroatoms. The van der Waals surface area contributed by atoms with E-state index in [1.807, 2.05) is 11.0 Å². The Hall–Kier alpha value is -1.97. The Bertz CT molecular complexity index is 476. The Labute approximate surface area is 99.2 Å². The molecule has 17 heavy (non-hydrogen) atoms. The Balaban J connectivity index is 2.24. The van der Waals surface area contributed by atoms with Crippen LogP contribution >= 0.6 is 0 Å². The molecule has 1 aromatic carbocycles. The van der Waals surface area contributed by atoms with Crippen LogP contribution in [0.4, 0.5) is 5.69 Å². The van der Waals surface area contributed by atoms with Gasteiger partial charge in [0, 0.05) is 35.8 Å². The van der Waals surface area contributed by atoms with Crippen molar-refractivity contribution in [1.29, 1.82) is 0 Å². The van der Waals surface area contributed by atoms with Crippen LogP contribution in [0.5, 0.6) is 0 Å². The van der Waals surface area contributed by atoms with Crippen molar-refractivity contribution in [2.75, 3.05) is 18.0 Å². The van der Waals surface area contributed by atoms with E-state index in [1.165, 1.54) is 6.92 Å². The maximum absolute atomic E-state index is 11.3. The highest BCUT2D eigenvalue weighted by Crippen LogP contribution is 2.25. The van der Waals surface area contributed by atoms with Gasteiger partial charge in [-0.3, -0.25) is 9.59 Å². The molecule has 0 spiro atoms. The molecule has 0 amide bonds. The average Bonchev–Trinajstić information content (AvgIpc) is 2.27. The van der Waals surface area contributed by atoms with E-state index in [2.05, 4.69) is 0 Å². The van der Waals surface area contributed by atoms with Crippen molar-refractivity contribution < 1.29 is 14.4 Å². The number of aldehydes is 2. The number of ketones is 1. The highest BCUT2D eigenvalue weighted by molar-refractivity contribution is 6.02. The molecule has 4 nitrogen and oxygen atoms in total. The van der Waals surface area contributed by atoms with Crippen LogP contribution in [0.2, 0.25) is 0 Å². The summed E-state index contributed by atoms with van der Waals surface area (Å²) < 4.78 is 0. The number of Topliss-reactive ketones (excluding diaryl/α,β-unsaturated/α-hetero) is 1. The number of carbonyl (C=O) groups excluding carboxylic acids is 3. The molecule has 0 radical (unpaired) electrons. The van der Waals surface area contributed by atoms with Gasteiger partial charge in [-0.25, -0.2) is 0 Å². The Morgan fingerprint density at radius 1 is 1.35 bits per heavy atom. The fourth-order valence-electron chi connectivity index (χ4n) is 1.97. The van der Waals surface area contributed by atoms with Gasteiger partial charge in [-0.2, -0.15) is 0 Å². The first-order valence-corrected chi connectivity index (χ1v) is 5.46. The average molecular weight is 231 g/mol. The summed E-state index contributed by atoms with van der Waals surface area (Å²) in [4.78, 5) is 34.7. The zero-order valence-corrected chi connectivity index (χ0v) is 9.55. The number of benzene rings is 1. The molecule has 1 heterocycles. The molecule has 0 N–H and O–H groups in total. The van der Waals surface area contributed by atoms with E-state index in [0.717, 1.165) is 12.0 Å². The molecule has 0 aromatic heterocycles. The molecule has 1 aliphatic heterocycles. The van der Waals surface area contributed by atoms with Gasteiger partial charge >= 0.3 is 0 Å². The van der Waals surface area contributed by atoms with E-state index >= 15 is 0 Å². The molecule has 2 rings (SSSR count). The van der Waals surface area contributed by atoms with E-state index in [-0.39, 0.29) is 11.7 Å². The largest absolute Gasteiger partial charge is 0.370 e. The Kier molecular flexibility index (Phi) is 3.04. The molecule has 0 atom stereocenters. The standard InChI is InChI=1S/C13H13NO3/c1-9(17)13-3-2-12(4-11(13)8-16)14-5-10(6-14)7-15/h2-4,7-8,10H,5-6H2,1H3. The third-order valence-electron chi connectivity index (χ3n) is 3.01. The first-order valence-electron chi connectivity index (χ1n) is 5.46. The summed E-state index contributed by atoms with van der Waals surface area (Å²) >= 11 is 0. The number of hydrogen-bond acceptors (Lipinski definition) is 4. The lowest BCUT2D eigenvalue weighted by Gasteiger charge is -2.38. The SMILES string of the molecule is CC(=O)c1ccc(N2CC(C=O)C2)cc1C=O. The molecular weight excluding hydrogens is 218 g/mol. The predicted molar refractivity (Wildman–Crippen MR) is 63.6 cm³/mol. The smallest absolute Gasteiger partial charge is 0.160 e. The van der Waals surface area contributed by atoms with Crippen LogP contribution in [0.15, 0.2) is 18.2 Å². The van der Waals surface area contributed by atoms with E-state index in [1.54, 1.807) is 12.1 Å². The number of rotatable bonds is 4. The highest BCUT2D eigenvalue weighted by atomic mass is 16.1. The topological polar surface area (TPSA) is 54.5 Å². The quantitative estimate of drug-likeness (QED) is 0.579. The molecule has 0 bridgehead atoms. The summed E-state index contributed by atoms with van der Waals surface area (Å²) in [6.07, 6.45) is 1.64. The van der Waals surface area contributed by atoms with Crippen LogP contribution in [0.1, 0.15) is 27.6 Å². The van der Waals surface area contributed by atoms with Gasteiger partial charge < -0.3 is 9.69 Å². The summed E-state index contributed by atoms with van der Waals surface area (Å²) in [5.41, 5.74) is 1.73. The molecule has 1 saturated heterocycles.